The minimum absolute atomic E-state index is 0.103. The highest BCUT2D eigenvalue weighted by molar-refractivity contribution is 5.82. The summed E-state index contributed by atoms with van der Waals surface area (Å²) in [6, 6.07) is 23.3. The fourth-order valence-electron chi connectivity index (χ4n) is 5.94. The van der Waals surface area contributed by atoms with Gasteiger partial charge in [-0.3, -0.25) is 4.79 Å². The lowest BCUT2D eigenvalue weighted by Crippen LogP contribution is -2.57. The molecule has 240 valence electrons. The summed E-state index contributed by atoms with van der Waals surface area (Å²) in [6.45, 7) is 8.69. The lowest BCUT2D eigenvalue weighted by Gasteiger charge is -2.42. The maximum atomic E-state index is 14.2. The SMILES string of the molecule is C[C@H](COCc1ccccc1)O[C@H]1CO[C@@H](C(=O)N2CCc3ccccc3[C@@H]2c2ccc(F)cc2)C[C@@H]1NC(=O)OC(C)(C)C. The Balaban J connectivity index is 1.30. The van der Waals surface area contributed by atoms with Gasteiger partial charge in [0.25, 0.3) is 5.91 Å². The number of halogens is 1. The van der Waals surface area contributed by atoms with Crippen LogP contribution in [-0.4, -0.2) is 66.6 Å². The van der Waals surface area contributed by atoms with E-state index in [9.17, 15) is 14.0 Å². The molecule has 1 saturated heterocycles. The van der Waals surface area contributed by atoms with Crippen molar-refractivity contribution in [3.05, 3.63) is 107 Å². The molecule has 9 heteroatoms. The van der Waals surface area contributed by atoms with Gasteiger partial charge in [0, 0.05) is 13.0 Å². The summed E-state index contributed by atoms with van der Waals surface area (Å²) in [5, 5.41) is 2.95. The molecule has 3 aromatic carbocycles. The number of alkyl carbamates (subject to hydrolysis) is 1. The zero-order chi connectivity index (χ0) is 32.0. The maximum Gasteiger partial charge on any atom is 0.407 e. The summed E-state index contributed by atoms with van der Waals surface area (Å²) in [4.78, 5) is 28.9. The van der Waals surface area contributed by atoms with E-state index in [1.54, 1.807) is 32.9 Å². The van der Waals surface area contributed by atoms with Crippen LogP contribution in [0.4, 0.5) is 9.18 Å². The van der Waals surface area contributed by atoms with Gasteiger partial charge < -0.3 is 29.2 Å². The number of carbonyl (C=O) groups is 2. The summed E-state index contributed by atoms with van der Waals surface area (Å²) in [5.41, 5.74) is 3.36. The summed E-state index contributed by atoms with van der Waals surface area (Å²) in [7, 11) is 0. The monoisotopic (exact) mass is 618 g/mol. The van der Waals surface area contributed by atoms with Crippen LogP contribution < -0.4 is 5.32 Å². The summed E-state index contributed by atoms with van der Waals surface area (Å²) in [6.07, 6.45) is -1.32. The molecule has 0 radical (unpaired) electrons. The molecule has 45 heavy (non-hydrogen) atoms. The van der Waals surface area contributed by atoms with Crippen molar-refractivity contribution in [2.24, 2.45) is 0 Å². The minimum Gasteiger partial charge on any atom is -0.444 e. The van der Waals surface area contributed by atoms with Crippen molar-refractivity contribution in [3.63, 3.8) is 0 Å². The van der Waals surface area contributed by atoms with Gasteiger partial charge in [-0.2, -0.15) is 0 Å². The van der Waals surface area contributed by atoms with Gasteiger partial charge in [0.1, 0.15) is 23.6 Å². The van der Waals surface area contributed by atoms with Crippen LogP contribution in [0.15, 0.2) is 78.9 Å². The number of fused-ring (bicyclic) bond motifs is 1. The molecule has 0 aliphatic carbocycles. The first-order valence-corrected chi connectivity index (χ1v) is 15.6. The average molecular weight is 619 g/mol. The highest BCUT2D eigenvalue weighted by Gasteiger charge is 2.42. The number of benzene rings is 3. The van der Waals surface area contributed by atoms with Crippen LogP contribution >= 0.6 is 0 Å². The van der Waals surface area contributed by atoms with Gasteiger partial charge >= 0.3 is 6.09 Å². The fourth-order valence-corrected chi connectivity index (χ4v) is 5.94. The van der Waals surface area contributed by atoms with E-state index in [2.05, 4.69) is 11.4 Å². The molecule has 0 unspecified atom stereocenters. The molecule has 1 fully saturated rings. The molecule has 1 N–H and O–H groups in total. The fraction of sp³-hybridized carbons (Fsp3) is 0.444. The predicted octanol–water partition coefficient (Wildman–Crippen LogP) is 5.97. The van der Waals surface area contributed by atoms with Gasteiger partial charge in [-0.1, -0.05) is 66.7 Å². The molecule has 0 saturated carbocycles. The quantitative estimate of drug-likeness (QED) is 0.318. The largest absolute Gasteiger partial charge is 0.444 e. The first-order chi connectivity index (χ1) is 21.6. The van der Waals surface area contributed by atoms with Crippen LogP contribution in [-0.2, 0) is 36.8 Å². The number of amides is 2. The van der Waals surface area contributed by atoms with Crippen LogP contribution in [0.1, 0.15) is 62.4 Å². The molecule has 3 aromatic rings. The van der Waals surface area contributed by atoms with Crippen molar-refractivity contribution in [2.75, 3.05) is 19.8 Å². The molecule has 2 aliphatic rings. The minimum atomic E-state index is -0.817. The summed E-state index contributed by atoms with van der Waals surface area (Å²) < 4.78 is 37.8. The Hall–Kier alpha value is -3.79. The van der Waals surface area contributed by atoms with Gasteiger partial charge in [0.15, 0.2) is 0 Å². The standard InChI is InChI=1S/C36H43FN2O6/c1-24(21-42-22-25-10-6-5-7-11-25)44-32-23-43-31(20-30(32)38-35(41)45-36(2,3)4)34(40)39-19-18-26-12-8-9-13-29(26)33(39)27-14-16-28(37)17-15-27/h5-17,24,30-33H,18-23H2,1-4H3,(H,38,41)/t24-,30+,31-,32+,33+/m1/s1. The third kappa shape index (κ3) is 8.69. The molecule has 2 heterocycles. The molecule has 5 atom stereocenters. The van der Waals surface area contributed by atoms with Crippen LogP contribution in [0, 0.1) is 5.82 Å². The summed E-state index contributed by atoms with van der Waals surface area (Å²) >= 11 is 0. The van der Waals surface area contributed by atoms with E-state index in [1.807, 2.05) is 60.4 Å². The van der Waals surface area contributed by atoms with E-state index in [-0.39, 0.29) is 36.9 Å². The number of carbonyl (C=O) groups excluding carboxylic acids is 2. The molecule has 0 bridgehead atoms. The lowest BCUT2D eigenvalue weighted by molar-refractivity contribution is -0.165. The highest BCUT2D eigenvalue weighted by Crippen LogP contribution is 2.36. The van der Waals surface area contributed by atoms with Crippen LogP contribution in [0.3, 0.4) is 0 Å². The van der Waals surface area contributed by atoms with E-state index in [1.165, 1.54) is 12.1 Å². The van der Waals surface area contributed by atoms with Crippen molar-refractivity contribution in [3.8, 4) is 0 Å². The van der Waals surface area contributed by atoms with Gasteiger partial charge in [-0.15, -0.1) is 0 Å². The van der Waals surface area contributed by atoms with Crippen molar-refractivity contribution in [1.82, 2.24) is 10.2 Å². The second-order valence-electron chi connectivity index (χ2n) is 12.7. The molecular formula is C36H43FN2O6. The van der Waals surface area contributed by atoms with Crippen molar-refractivity contribution < 1.29 is 32.9 Å². The molecule has 0 aromatic heterocycles. The highest BCUT2D eigenvalue weighted by atomic mass is 19.1. The van der Waals surface area contributed by atoms with Crippen molar-refractivity contribution in [2.45, 2.75) is 83.1 Å². The van der Waals surface area contributed by atoms with E-state index in [0.29, 0.717) is 26.2 Å². The van der Waals surface area contributed by atoms with E-state index < -0.39 is 29.9 Å². The number of rotatable bonds is 9. The van der Waals surface area contributed by atoms with Gasteiger partial charge in [-0.05, 0) is 68.5 Å². The number of hydrogen-bond donors (Lipinski definition) is 1. The van der Waals surface area contributed by atoms with Crippen molar-refractivity contribution in [1.29, 1.82) is 0 Å². The molecule has 2 amide bonds. The molecular weight excluding hydrogens is 575 g/mol. The van der Waals surface area contributed by atoms with E-state index >= 15 is 0 Å². The zero-order valence-corrected chi connectivity index (χ0v) is 26.4. The Morgan fingerprint density at radius 2 is 1.73 bits per heavy atom. The predicted molar refractivity (Wildman–Crippen MR) is 168 cm³/mol. The number of nitrogens with one attached hydrogen (secondary N) is 1. The number of hydrogen-bond acceptors (Lipinski definition) is 6. The zero-order valence-electron chi connectivity index (χ0n) is 26.4. The Labute approximate surface area is 264 Å². The van der Waals surface area contributed by atoms with Crippen LogP contribution in [0.25, 0.3) is 0 Å². The van der Waals surface area contributed by atoms with Gasteiger partial charge in [0.2, 0.25) is 0 Å². The molecule has 8 nitrogen and oxygen atoms in total. The first kappa shape index (κ1) is 32.6. The third-order valence-electron chi connectivity index (χ3n) is 7.98. The lowest BCUT2D eigenvalue weighted by atomic mass is 9.87. The Kier molecular flexibility index (Phi) is 10.5. The second-order valence-corrected chi connectivity index (χ2v) is 12.7. The maximum absolute atomic E-state index is 14.2. The van der Waals surface area contributed by atoms with E-state index in [4.69, 9.17) is 18.9 Å². The Morgan fingerprint density at radius 3 is 2.47 bits per heavy atom. The smallest absolute Gasteiger partial charge is 0.407 e. The Morgan fingerprint density at radius 1 is 1.02 bits per heavy atom. The topological polar surface area (TPSA) is 86.3 Å². The van der Waals surface area contributed by atoms with Crippen LogP contribution in [0.2, 0.25) is 0 Å². The van der Waals surface area contributed by atoms with E-state index in [0.717, 1.165) is 22.3 Å². The molecule has 0 spiro atoms. The number of nitrogens with zero attached hydrogens (tertiary/aromatic N) is 1. The first-order valence-electron chi connectivity index (χ1n) is 15.6. The molecule has 5 rings (SSSR count). The average Bonchev–Trinajstić information content (AvgIpc) is 3.01. The van der Waals surface area contributed by atoms with Crippen molar-refractivity contribution >= 4 is 12.0 Å². The molecule has 2 aliphatic heterocycles. The summed E-state index contributed by atoms with van der Waals surface area (Å²) in [5.74, 6) is -0.523. The normalized spacial score (nSPS) is 22.3. The number of ether oxygens (including phenoxy) is 4. The Bertz CT molecular complexity index is 1430. The van der Waals surface area contributed by atoms with Crippen LogP contribution in [0.5, 0.6) is 0 Å². The van der Waals surface area contributed by atoms with Gasteiger partial charge in [0.05, 0.1) is 38.0 Å². The second kappa shape index (κ2) is 14.5. The van der Waals surface area contributed by atoms with Gasteiger partial charge in [-0.25, -0.2) is 9.18 Å². The third-order valence-corrected chi connectivity index (χ3v) is 7.98.